The molecule has 3 heterocycles. The average molecular weight is 432 g/mol. The van der Waals surface area contributed by atoms with Crippen molar-refractivity contribution in [1.29, 1.82) is 0 Å². The molecule has 2 aliphatic heterocycles. The number of nitrogens with zero attached hydrogens (tertiary/aromatic N) is 5. The van der Waals surface area contributed by atoms with E-state index in [-0.39, 0.29) is 18.3 Å². The Bertz CT molecular complexity index is 1050. The number of aromatic nitrogens is 2. The number of hydrazine groups is 1. The SMILES string of the molecule is C=CC(=O)N1CCc2c(nc(-c3ccc(C(F)(F)F)cc3)nc2C2CCN(C)[N+]2=O)C1. The van der Waals surface area contributed by atoms with Gasteiger partial charge < -0.3 is 4.90 Å². The fraction of sp³-hybridized carbons (Fsp3) is 0.381. The third-order valence-corrected chi connectivity index (χ3v) is 5.70. The number of hydrogen-bond acceptors (Lipinski definition) is 4. The molecule has 1 amide bonds. The number of fused-ring (bicyclic) bond motifs is 1. The smallest absolute Gasteiger partial charge is 0.333 e. The number of hydrogen-bond donors (Lipinski definition) is 0. The van der Waals surface area contributed by atoms with Crippen LogP contribution in [-0.2, 0) is 23.9 Å². The number of halogens is 3. The van der Waals surface area contributed by atoms with Crippen LogP contribution >= 0.6 is 0 Å². The lowest BCUT2D eigenvalue weighted by Gasteiger charge is -2.28. The monoisotopic (exact) mass is 432 g/mol. The number of nitroso groups, excluding NO2 is 1. The minimum absolute atomic E-state index is 0.227. The van der Waals surface area contributed by atoms with Crippen LogP contribution in [0.4, 0.5) is 13.2 Å². The van der Waals surface area contributed by atoms with Crippen LogP contribution in [0.1, 0.15) is 35.0 Å². The Hall–Kier alpha value is -3.30. The quantitative estimate of drug-likeness (QED) is 0.550. The maximum absolute atomic E-state index is 12.9. The maximum atomic E-state index is 12.9. The van der Waals surface area contributed by atoms with Crippen molar-refractivity contribution >= 4 is 5.91 Å². The average Bonchev–Trinajstić information content (AvgIpc) is 3.09. The molecule has 0 radical (unpaired) electrons. The molecule has 2 aliphatic rings. The van der Waals surface area contributed by atoms with Gasteiger partial charge in [-0.3, -0.25) is 4.79 Å². The maximum Gasteiger partial charge on any atom is 0.416 e. The molecule has 2 aromatic rings. The van der Waals surface area contributed by atoms with Crippen LogP contribution in [0.5, 0.6) is 0 Å². The first-order valence-corrected chi connectivity index (χ1v) is 9.85. The first-order chi connectivity index (χ1) is 14.7. The summed E-state index contributed by atoms with van der Waals surface area (Å²) in [6.45, 7) is 4.77. The zero-order chi connectivity index (χ0) is 22.3. The van der Waals surface area contributed by atoms with Gasteiger partial charge in [0.1, 0.15) is 10.6 Å². The molecular weight excluding hydrogens is 411 g/mol. The molecule has 0 saturated carbocycles. The summed E-state index contributed by atoms with van der Waals surface area (Å²) in [5, 5.41) is 1.56. The zero-order valence-corrected chi connectivity index (χ0v) is 16.9. The molecule has 0 N–H and O–H groups in total. The van der Waals surface area contributed by atoms with E-state index in [2.05, 4.69) is 16.5 Å². The van der Waals surface area contributed by atoms with Crippen molar-refractivity contribution in [3.8, 4) is 11.4 Å². The largest absolute Gasteiger partial charge is 0.416 e. The number of amides is 1. The molecule has 7 nitrogen and oxygen atoms in total. The lowest BCUT2D eigenvalue weighted by molar-refractivity contribution is -0.711. The van der Waals surface area contributed by atoms with Crippen LogP contribution < -0.4 is 0 Å². The van der Waals surface area contributed by atoms with Crippen LogP contribution in [0, 0.1) is 4.91 Å². The Labute approximate surface area is 176 Å². The molecule has 0 spiro atoms. The van der Waals surface area contributed by atoms with Gasteiger partial charge in [0.05, 0.1) is 36.3 Å². The van der Waals surface area contributed by atoms with Crippen molar-refractivity contribution in [3.63, 3.8) is 0 Å². The minimum atomic E-state index is -4.44. The second-order valence-electron chi connectivity index (χ2n) is 7.63. The highest BCUT2D eigenvalue weighted by Gasteiger charge is 2.43. The molecule has 1 aromatic heterocycles. The second-order valence-corrected chi connectivity index (χ2v) is 7.63. The summed E-state index contributed by atoms with van der Waals surface area (Å²) in [6.07, 6.45) is -2.14. The van der Waals surface area contributed by atoms with Crippen molar-refractivity contribution < 1.29 is 22.8 Å². The fourth-order valence-electron chi connectivity index (χ4n) is 3.99. The van der Waals surface area contributed by atoms with Gasteiger partial charge in [-0.05, 0) is 24.6 Å². The number of alkyl halides is 3. The Morgan fingerprint density at radius 2 is 1.94 bits per heavy atom. The lowest BCUT2D eigenvalue weighted by atomic mass is 9.97. The van der Waals surface area contributed by atoms with Gasteiger partial charge in [0.2, 0.25) is 5.91 Å². The Morgan fingerprint density at radius 3 is 2.52 bits per heavy atom. The van der Waals surface area contributed by atoms with Gasteiger partial charge in [0, 0.05) is 24.1 Å². The van der Waals surface area contributed by atoms with Crippen molar-refractivity contribution in [2.75, 3.05) is 20.1 Å². The molecule has 1 saturated heterocycles. The van der Waals surface area contributed by atoms with Gasteiger partial charge in [0.15, 0.2) is 5.82 Å². The topological polar surface area (TPSA) is 69.4 Å². The molecule has 31 heavy (non-hydrogen) atoms. The van der Waals surface area contributed by atoms with E-state index in [4.69, 9.17) is 0 Å². The molecule has 1 aromatic carbocycles. The van der Waals surface area contributed by atoms with Crippen molar-refractivity contribution in [2.45, 2.75) is 31.6 Å². The Kier molecular flexibility index (Phi) is 5.24. The molecule has 1 fully saturated rings. The zero-order valence-electron chi connectivity index (χ0n) is 16.9. The molecule has 162 valence electrons. The second kappa shape index (κ2) is 7.75. The van der Waals surface area contributed by atoms with Gasteiger partial charge in [-0.25, -0.2) is 9.97 Å². The van der Waals surface area contributed by atoms with E-state index in [1.807, 2.05) is 0 Å². The summed E-state index contributed by atoms with van der Waals surface area (Å²) >= 11 is 0. The third kappa shape index (κ3) is 3.89. The number of benzene rings is 1. The standard InChI is InChI=1S/C21H21F3N5O2/c1-3-18(30)28-11-8-15-16(12-28)25-20(13-4-6-14(7-5-13)21(22,23)24)26-19(15)17-9-10-27(2)29(17)31/h3-7,17H,1,8-12H2,2H3/q+1. The van der Waals surface area contributed by atoms with E-state index >= 15 is 0 Å². The molecular formula is C21H21F3N5O2+. The van der Waals surface area contributed by atoms with Crippen LogP contribution in [0.15, 0.2) is 36.9 Å². The van der Waals surface area contributed by atoms with E-state index < -0.39 is 17.8 Å². The first-order valence-electron chi connectivity index (χ1n) is 9.85. The van der Waals surface area contributed by atoms with Gasteiger partial charge in [-0.1, -0.05) is 18.7 Å². The van der Waals surface area contributed by atoms with Gasteiger partial charge in [0.25, 0.3) is 6.04 Å². The van der Waals surface area contributed by atoms with Gasteiger partial charge in [-0.2, -0.15) is 13.2 Å². The van der Waals surface area contributed by atoms with E-state index in [0.29, 0.717) is 42.9 Å². The van der Waals surface area contributed by atoms with Crippen molar-refractivity contribution in [3.05, 3.63) is 64.3 Å². The number of carbonyl (C=O) groups is 1. The van der Waals surface area contributed by atoms with Crippen LogP contribution in [-0.4, -0.2) is 50.8 Å². The minimum Gasteiger partial charge on any atom is -0.333 e. The molecule has 10 heteroatoms. The molecule has 1 atom stereocenters. The summed E-state index contributed by atoms with van der Waals surface area (Å²) in [7, 11) is 1.70. The first kappa shape index (κ1) is 21.0. The van der Waals surface area contributed by atoms with Crippen LogP contribution in [0.2, 0.25) is 0 Å². The summed E-state index contributed by atoms with van der Waals surface area (Å²) in [5.41, 5.74) is 1.65. The van der Waals surface area contributed by atoms with Crippen LogP contribution in [0.25, 0.3) is 11.4 Å². The molecule has 1 unspecified atom stereocenters. The van der Waals surface area contributed by atoms with E-state index in [9.17, 15) is 22.9 Å². The van der Waals surface area contributed by atoms with E-state index in [1.54, 1.807) is 17.0 Å². The van der Waals surface area contributed by atoms with Gasteiger partial charge >= 0.3 is 6.18 Å². The summed E-state index contributed by atoms with van der Waals surface area (Å²) < 4.78 is 38.8. The summed E-state index contributed by atoms with van der Waals surface area (Å²) in [4.78, 5) is 36.3. The highest BCUT2D eigenvalue weighted by atomic mass is 19.4. The Balaban J connectivity index is 1.79. The molecule has 0 bridgehead atoms. The normalized spacial score (nSPS) is 18.8. The lowest BCUT2D eigenvalue weighted by Crippen LogP contribution is -2.36. The summed E-state index contributed by atoms with van der Waals surface area (Å²) in [5.74, 6) is 0.00581. The van der Waals surface area contributed by atoms with Crippen molar-refractivity contribution in [2.24, 2.45) is 0 Å². The number of carbonyl (C=O) groups excluding carboxylic acids is 1. The third-order valence-electron chi connectivity index (χ3n) is 5.70. The van der Waals surface area contributed by atoms with E-state index in [0.717, 1.165) is 22.6 Å². The number of rotatable bonds is 3. The Morgan fingerprint density at radius 1 is 1.23 bits per heavy atom. The molecule has 4 rings (SSSR count). The molecule has 0 aliphatic carbocycles. The predicted octanol–water partition coefficient (Wildman–Crippen LogP) is 3.30. The van der Waals surface area contributed by atoms with Crippen molar-refractivity contribution in [1.82, 2.24) is 19.9 Å². The van der Waals surface area contributed by atoms with Crippen LogP contribution in [0.3, 0.4) is 0 Å². The highest BCUT2D eigenvalue weighted by Crippen LogP contribution is 2.35. The highest BCUT2D eigenvalue weighted by molar-refractivity contribution is 5.87. The fourth-order valence-corrected chi connectivity index (χ4v) is 3.99. The summed E-state index contributed by atoms with van der Waals surface area (Å²) in [6, 6.07) is 4.10. The predicted molar refractivity (Wildman–Crippen MR) is 105 cm³/mol. The van der Waals surface area contributed by atoms with Gasteiger partial charge in [-0.15, -0.1) is 5.01 Å². The van der Waals surface area contributed by atoms with E-state index in [1.165, 1.54) is 18.2 Å².